The van der Waals surface area contributed by atoms with Gasteiger partial charge in [0.1, 0.15) is 0 Å². The molecule has 1 aromatic heterocycles. The van der Waals surface area contributed by atoms with Crippen molar-refractivity contribution in [2.75, 3.05) is 29.9 Å². The van der Waals surface area contributed by atoms with E-state index in [0.29, 0.717) is 31.2 Å². The highest BCUT2D eigenvalue weighted by molar-refractivity contribution is 6.01. The summed E-state index contributed by atoms with van der Waals surface area (Å²) in [5.41, 5.74) is 5.30. The Balaban J connectivity index is 1.08. The van der Waals surface area contributed by atoms with Crippen LogP contribution in [0.25, 0.3) is 0 Å². The molecule has 0 spiro atoms. The Kier molecular flexibility index (Phi) is 7.61. The van der Waals surface area contributed by atoms with Crippen LogP contribution in [-0.2, 0) is 17.8 Å². The number of carbonyl (C=O) groups is 2. The quantitative estimate of drug-likeness (QED) is 0.436. The summed E-state index contributed by atoms with van der Waals surface area (Å²) < 4.78 is 2.43. The Hall–Kier alpha value is -3.65. The molecule has 0 saturated carbocycles. The Labute approximate surface area is 237 Å². The smallest absolute Gasteiger partial charge is 0.326 e. The molecule has 4 heterocycles. The summed E-state index contributed by atoms with van der Waals surface area (Å²) in [5, 5.41) is 3.08. The molecule has 3 atom stereocenters. The van der Waals surface area contributed by atoms with Gasteiger partial charge >= 0.3 is 6.03 Å². The highest BCUT2D eigenvalue weighted by atomic mass is 16.2. The number of nitrogens with one attached hydrogen (secondary N) is 1. The van der Waals surface area contributed by atoms with Gasteiger partial charge in [-0.15, -0.1) is 0 Å². The van der Waals surface area contributed by atoms with Crippen molar-refractivity contribution < 1.29 is 9.59 Å². The van der Waals surface area contributed by atoms with E-state index in [1.54, 1.807) is 6.92 Å². The average molecular weight is 541 g/mol. The lowest BCUT2D eigenvalue weighted by Crippen LogP contribution is -2.45. The second kappa shape index (κ2) is 11.5. The van der Waals surface area contributed by atoms with Gasteiger partial charge in [-0.2, -0.15) is 0 Å². The van der Waals surface area contributed by atoms with E-state index in [1.807, 2.05) is 77.6 Å². The molecule has 3 aliphatic heterocycles. The molecule has 8 heteroatoms. The molecule has 2 aromatic carbocycles. The number of aromatic nitrogens is 2. The highest BCUT2D eigenvalue weighted by Crippen LogP contribution is 2.42. The number of amides is 3. The minimum Gasteiger partial charge on any atom is -0.337 e. The number of fused-ring (bicyclic) bond motifs is 3. The summed E-state index contributed by atoms with van der Waals surface area (Å²) >= 11 is 0. The fourth-order valence-corrected chi connectivity index (χ4v) is 6.95. The van der Waals surface area contributed by atoms with Crippen LogP contribution in [0.5, 0.6) is 0 Å². The number of aryl methyl sites for hydroxylation is 1. The normalized spacial score (nSPS) is 22.1. The van der Waals surface area contributed by atoms with Crippen LogP contribution in [-0.4, -0.2) is 63.0 Å². The SMILES string of the molecule is CC(=O)N1CCc2c(ncn2C2C[C@H]3CC[C@@H](C2)N3CCCN(C(=O)Nc2ccc(C)cc2)c2ccccc2)C1. The minimum absolute atomic E-state index is 0.0926. The van der Waals surface area contributed by atoms with Crippen molar-refractivity contribution in [3.8, 4) is 0 Å². The maximum atomic E-state index is 13.3. The number of nitrogens with zero attached hydrogens (tertiary/aromatic N) is 5. The topological polar surface area (TPSA) is 73.7 Å². The van der Waals surface area contributed by atoms with E-state index < -0.39 is 0 Å². The standard InChI is InChI=1S/C32H40N6O2/c1-23-9-11-25(12-10-23)34-32(40)37(26-7-4-3-5-8-26)17-6-16-36-27-13-14-28(36)20-29(19-27)38-22-33-30-21-35(24(2)39)18-15-31(30)38/h3-5,7-12,22,27-29H,6,13-21H2,1-2H3,(H,34,40)/t27-,28+,29?. The predicted molar refractivity (Wildman–Crippen MR) is 157 cm³/mol. The average Bonchev–Trinajstić information content (AvgIpc) is 3.49. The number of hydrogen-bond donors (Lipinski definition) is 1. The van der Waals surface area contributed by atoms with Gasteiger partial charge in [0.2, 0.25) is 5.91 Å². The first-order valence-corrected chi connectivity index (χ1v) is 14.7. The maximum absolute atomic E-state index is 13.3. The van der Waals surface area contributed by atoms with Crippen molar-refractivity contribution in [1.82, 2.24) is 19.4 Å². The zero-order chi connectivity index (χ0) is 27.6. The van der Waals surface area contributed by atoms with Crippen molar-refractivity contribution in [2.45, 2.75) is 77.0 Å². The third kappa shape index (κ3) is 5.50. The van der Waals surface area contributed by atoms with E-state index in [2.05, 4.69) is 14.8 Å². The van der Waals surface area contributed by atoms with Gasteiger partial charge < -0.3 is 14.8 Å². The van der Waals surface area contributed by atoms with Gasteiger partial charge in [-0.1, -0.05) is 35.9 Å². The minimum atomic E-state index is -0.0926. The Morgan fingerprint density at radius 3 is 2.42 bits per heavy atom. The molecule has 2 saturated heterocycles. The summed E-state index contributed by atoms with van der Waals surface area (Å²) in [7, 11) is 0. The largest absolute Gasteiger partial charge is 0.337 e. The second-order valence-electron chi connectivity index (χ2n) is 11.6. The van der Waals surface area contributed by atoms with Gasteiger partial charge in [-0.3, -0.25) is 14.6 Å². The number of hydrogen-bond acceptors (Lipinski definition) is 4. The highest BCUT2D eigenvalue weighted by Gasteiger charge is 2.41. The van der Waals surface area contributed by atoms with Crippen molar-refractivity contribution in [2.24, 2.45) is 0 Å². The molecular weight excluding hydrogens is 500 g/mol. The van der Waals surface area contributed by atoms with Crippen molar-refractivity contribution >= 4 is 23.3 Å². The van der Waals surface area contributed by atoms with Crippen LogP contribution >= 0.6 is 0 Å². The van der Waals surface area contributed by atoms with E-state index in [4.69, 9.17) is 4.98 Å². The van der Waals surface area contributed by atoms with Gasteiger partial charge in [0.15, 0.2) is 0 Å². The summed E-state index contributed by atoms with van der Waals surface area (Å²) in [4.78, 5) is 36.4. The van der Waals surface area contributed by atoms with Crippen LogP contribution in [0.1, 0.15) is 62.0 Å². The fourth-order valence-electron chi connectivity index (χ4n) is 6.95. The van der Waals surface area contributed by atoms with Crippen LogP contribution in [0, 0.1) is 6.92 Å². The molecule has 3 amide bonds. The first-order chi connectivity index (χ1) is 19.5. The summed E-state index contributed by atoms with van der Waals surface area (Å²) in [6, 6.07) is 19.4. The molecule has 6 rings (SSSR count). The van der Waals surface area contributed by atoms with Crippen LogP contribution in [0.3, 0.4) is 0 Å². The Morgan fingerprint density at radius 2 is 1.73 bits per heavy atom. The second-order valence-corrected chi connectivity index (χ2v) is 11.6. The summed E-state index contributed by atoms with van der Waals surface area (Å²) in [5.74, 6) is 0.130. The number of rotatable bonds is 7. The zero-order valence-corrected chi connectivity index (χ0v) is 23.6. The fraction of sp³-hybridized carbons (Fsp3) is 0.469. The van der Waals surface area contributed by atoms with Gasteiger partial charge in [-0.05, 0) is 63.3 Å². The molecule has 2 bridgehead atoms. The molecule has 40 heavy (non-hydrogen) atoms. The number of imidazole rings is 1. The number of urea groups is 1. The van der Waals surface area contributed by atoms with Gasteiger partial charge in [0.25, 0.3) is 0 Å². The molecule has 3 aliphatic rings. The molecule has 210 valence electrons. The number of para-hydroxylation sites is 1. The molecule has 3 aromatic rings. The van der Waals surface area contributed by atoms with E-state index >= 15 is 0 Å². The van der Waals surface area contributed by atoms with Gasteiger partial charge in [-0.25, -0.2) is 9.78 Å². The summed E-state index contributed by atoms with van der Waals surface area (Å²) in [6.07, 6.45) is 8.62. The van der Waals surface area contributed by atoms with Gasteiger partial charge in [0.05, 0.1) is 18.6 Å². The third-order valence-electron chi connectivity index (χ3n) is 9.05. The van der Waals surface area contributed by atoms with E-state index in [-0.39, 0.29) is 11.9 Å². The molecule has 8 nitrogen and oxygen atoms in total. The zero-order valence-electron chi connectivity index (χ0n) is 23.6. The van der Waals surface area contributed by atoms with Crippen molar-refractivity contribution in [3.05, 3.63) is 77.9 Å². The number of carbonyl (C=O) groups excluding carboxylic acids is 2. The molecule has 2 fully saturated rings. The van der Waals surface area contributed by atoms with E-state index in [9.17, 15) is 9.59 Å². The first-order valence-electron chi connectivity index (χ1n) is 14.7. The lowest BCUT2D eigenvalue weighted by atomic mass is 9.96. The van der Waals surface area contributed by atoms with Crippen molar-refractivity contribution in [1.29, 1.82) is 0 Å². The molecule has 1 N–H and O–H groups in total. The van der Waals surface area contributed by atoms with Crippen LogP contribution in [0.4, 0.5) is 16.2 Å². The lowest BCUT2D eigenvalue weighted by Gasteiger charge is -2.40. The van der Waals surface area contributed by atoms with E-state index in [0.717, 1.165) is 55.8 Å². The van der Waals surface area contributed by atoms with E-state index in [1.165, 1.54) is 24.1 Å². The third-order valence-corrected chi connectivity index (χ3v) is 9.05. The Bertz CT molecular complexity index is 1320. The molecule has 0 radical (unpaired) electrons. The van der Waals surface area contributed by atoms with Crippen LogP contribution < -0.4 is 10.2 Å². The number of benzene rings is 2. The molecule has 0 aliphatic carbocycles. The Morgan fingerprint density at radius 1 is 1.00 bits per heavy atom. The monoisotopic (exact) mass is 540 g/mol. The number of anilines is 2. The van der Waals surface area contributed by atoms with Crippen LogP contribution in [0.15, 0.2) is 60.9 Å². The first kappa shape index (κ1) is 26.6. The summed E-state index contributed by atoms with van der Waals surface area (Å²) in [6.45, 7) is 6.78. The predicted octanol–water partition coefficient (Wildman–Crippen LogP) is 5.39. The molecular formula is C32H40N6O2. The maximum Gasteiger partial charge on any atom is 0.326 e. The molecule has 1 unspecified atom stereocenters. The lowest BCUT2D eigenvalue weighted by molar-refractivity contribution is -0.129. The van der Waals surface area contributed by atoms with Crippen molar-refractivity contribution in [3.63, 3.8) is 0 Å². The van der Waals surface area contributed by atoms with Crippen LogP contribution in [0.2, 0.25) is 0 Å². The number of piperidine rings is 1. The van der Waals surface area contributed by atoms with Gasteiger partial charge in [0, 0.05) is 68.2 Å².